The van der Waals surface area contributed by atoms with Crippen molar-refractivity contribution in [1.82, 2.24) is 0 Å². The predicted octanol–water partition coefficient (Wildman–Crippen LogP) is 2.83. The van der Waals surface area contributed by atoms with Crippen LogP contribution < -0.4 is 15.4 Å². The van der Waals surface area contributed by atoms with Gasteiger partial charge in [0.25, 0.3) is 5.69 Å². The van der Waals surface area contributed by atoms with Crippen molar-refractivity contribution in [3.63, 3.8) is 0 Å². The highest BCUT2D eigenvalue weighted by Gasteiger charge is 2.17. The molecule has 0 aromatic heterocycles. The standard InChI is InChI=1S/C18H19N3O6/c1-3-27-18(23)12-4-6-13(7-5-12)19-11-17(22)20-15-9-8-14(26-2)10-16(15)21(24)25/h4-10,19H,3,11H2,1-2H3,(H,20,22). The molecular formula is C18H19N3O6. The molecule has 0 heterocycles. The second-order valence-corrected chi connectivity index (χ2v) is 5.34. The van der Waals surface area contributed by atoms with E-state index in [0.29, 0.717) is 17.0 Å². The Morgan fingerprint density at radius 1 is 1.15 bits per heavy atom. The summed E-state index contributed by atoms with van der Waals surface area (Å²) in [7, 11) is 1.40. The summed E-state index contributed by atoms with van der Waals surface area (Å²) in [6.45, 7) is 1.90. The number of methoxy groups -OCH3 is 1. The topological polar surface area (TPSA) is 120 Å². The number of rotatable bonds is 8. The molecule has 0 spiro atoms. The number of ether oxygens (including phenoxy) is 2. The van der Waals surface area contributed by atoms with Crippen molar-refractivity contribution >= 4 is 28.9 Å². The fourth-order valence-corrected chi connectivity index (χ4v) is 2.21. The number of benzene rings is 2. The van der Waals surface area contributed by atoms with Crippen molar-refractivity contribution in [2.24, 2.45) is 0 Å². The van der Waals surface area contributed by atoms with Gasteiger partial charge in [-0.2, -0.15) is 0 Å². The first-order chi connectivity index (χ1) is 12.9. The monoisotopic (exact) mass is 373 g/mol. The molecule has 0 bridgehead atoms. The molecule has 0 atom stereocenters. The van der Waals surface area contributed by atoms with Crippen LogP contribution in [0.1, 0.15) is 17.3 Å². The van der Waals surface area contributed by atoms with Crippen LogP contribution in [0.5, 0.6) is 5.75 Å². The lowest BCUT2D eigenvalue weighted by Gasteiger charge is -2.09. The Kier molecular flexibility index (Phi) is 6.70. The van der Waals surface area contributed by atoms with Crippen LogP contribution in [-0.4, -0.2) is 37.1 Å². The van der Waals surface area contributed by atoms with Gasteiger partial charge in [-0.3, -0.25) is 14.9 Å². The van der Waals surface area contributed by atoms with E-state index in [4.69, 9.17) is 9.47 Å². The number of nitro groups is 1. The van der Waals surface area contributed by atoms with Gasteiger partial charge in [-0.05, 0) is 43.3 Å². The van der Waals surface area contributed by atoms with Gasteiger partial charge in [0.2, 0.25) is 5.91 Å². The molecule has 0 aliphatic carbocycles. The van der Waals surface area contributed by atoms with Crippen LogP contribution >= 0.6 is 0 Å². The van der Waals surface area contributed by atoms with E-state index in [1.165, 1.54) is 25.3 Å². The quantitative estimate of drug-likeness (QED) is 0.415. The van der Waals surface area contributed by atoms with E-state index in [0.717, 1.165) is 0 Å². The van der Waals surface area contributed by atoms with Gasteiger partial charge in [-0.1, -0.05) is 0 Å². The van der Waals surface area contributed by atoms with Crippen LogP contribution in [0.2, 0.25) is 0 Å². The molecule has 0 saturated carbocycles. The third-order valence-electron chi connectivity index (χ3n) is 3.52. The van der Waals surface area contributed by atoms with Crippen LogP contribution in [0.3, 0.4) is 0 Å². The Morgan fingerprint density at radius 2 is 1.85 bits per heavy atom. The normalized spacial score (nSPS) is 10.0. The van der Waals surface area contributed by atoms with Crippen molar-refractivity contribution < 1.29 is 24.0 Å². The molecule has 2 aromatic rings. The van der Waals surface area contributed by atoms with Crippen LogP contribution in [-0.2, 0) is 9.53 Å². The highest BCUT2D eigenvalue weighted by Crippen LogP contribution is 2.28. The number of carbonyl (C=O) groups is 2. The van der Waals surface area contributed by atoms with E-state index in [-0.39, 0.29) is 24.5 Å². The van der Waals surface area contributed by atoms with Gasteiger partial charge >= 0.3 is 5.97 Å². The molecule has 0 saturated heterocycles. The Balaban J connectivity index is 1.97. The number of anilines is 2. The maximum Gasteiger partial charge on any atom is 0.338 e. The molecule has 9 nitrogen and oxygen atoms in total. The van der Waals surface area contributed by atoms with Crippen LogP contribution in [0.15, 0.2) is 42.5 Å². The summed E-state index contributed by atoms with van der Waals surface area (Å²) in [5.41, 5.74) is 0.829. The van der Waals surface area contributed by atoms with E-state index in [1.54, 1.807) is 31.2 Å². The van der Waals surface area contributed by atoms with Gasteiger partial charge in [0.15, 0.2) is 0 Å². The van der Waals surface area contributed by atoms with Gasteiger partial charge in [0.05, 0.1) is 36.8 Å². The number of nitrogens with zero attached hydrogens (tertiary/aromatic N) is 1. The molecule has 2 N–H and O–H groups in total. The van der Waals surface area contributed by atoms with Crippen LogP contribution in [0, 0.1) is 10.1 Å². The molecule has 1 amide bonds. The first kappa shape index (κ1) is 19.7. The summed E-state index contributed by atoms with van der Waals surface area (Å²) in [5.74, 6) is -0.564. The second kappa shape index (κ2) is 9.18. The number of esters is 1. The first-order valence-corrected chi connectivity index (χ1v) is 8.08. The number of nitrogens with one attached hydrogen (secondary N) is 2. The summed E-state index contributed by atoms with van der Waals surface area (Å²) in [6, 6.07) is 10.6. The number of nitro benzene ring substituents is 1. The third-order valence-corrected chi connectivity index (χ3v) is 3.52. The Morgan fingerprint density at radius 3 is 2.44 bits per heavy atom. The highest BCUT2D eigenvalue weighted by molar-refractivity contribution is 5.96. The van der Waals surface area contributed by atoms with Gasteiger partial charge in [0.1, 0.15) is 11.4 Å². The molecule has 0 unspecified atom stereocenters. The lowest BCUT2D eigenvalue weighted by Crippen LogP contribution is -2.22. The summed E-state index contributed by atoms with van der Waals surface area (Å²) in [4.78, 5) is 34.2. The molecule has 2 aromatic carbocycles. The molecular weight excluding hydrogens is 354 g/mol. The average molecular weight is 373 g/mol. The second-order valence-electron chi connectivity index (χ2n) is 5.34. The molecule has 142 valence electrons. The zero-order chi connectivity index (χ0) is 19.8. The first-order valence-electron chi connectivity index (χ1n) is 8.08. The molecule has 0 fully saturated rings. The van der Waals surface area contributed by atoms with E-state index >= 15 is 0 Å². The lowest BCUT2D eigenvalue weighted by molar-refractivity contribution is -0.384. The highest BCUT2D eigenvalue weighted by atomic mass is 16.6. The fourth-order valence-electron chi connectivity index (χ4n) is 2.21. The Bertz CT molecular complexity index is 835. The van der Waals surface area contributed by atoms with E-state index < -0.39 is 16.8 Å². The molecule has 0 aliphatic heterocycles. The van der Waals surface area contributed by atoms with Crippen molar-refractivity contribution in [3.8, 4) is 5.75 Å². The van der Waals surface area contributed by atoms with Crippen molar-refractivity contribution in [2.45, 2.75) is 6.92 Å². The average Bonchev–Trinajstić information content (AvgIpc) is 2.67. The Hall–Kier alpha value is -3.62. The molecule has 0 radical (unpaired) electrons. The zero-order valence-corrected chi connectivity index (χ0v) is 14.9. The van der Waals surface area contributed by atoms with Gasteiger partial charge in [0, 0.05) is 5.69 Å². The molecule has 0 aliphatic rings. The number of hydrogen-bond donors (Lipinski definition) is 2. The largest absolute Gasteiger partial charge is 0.496 e. The number of carbonyl (C=O) groups excluding carboxylic acids is 2. The van der Waals surface area contributed by atoms with Crippen LogP contribution in [0.4, 0.5) is 17.1 Å². The summed E-state index contributed by atoms with van der Waals surface area (Å²) in [6.07, 6.45) is 0. The molecule has 2 rings (SSSR count). The van der Waals surface area contributed by atoms with Crippen LogP contribution in [0.25, 0.3) is 0 Å². The van der Waals surface area contributed by atoms with E-state index in [1.807, 2.05) is 0 Å². The van der Waals surface area contributed by atoms with Gasteiger partial charge in [-0.15, -0.1) is 0 Å². The summed E-state index contributed by atoms with van der Waals surface area (Å²) in [5, 5.41) is 16.5. The molecule has 9 heteroatoms. The predicted molar refractivity (Wildman–Crippen MR) is 99.2 cm³/mol. The van der Waals surface area contributed by atoms with E-state index in [9.17, 15) is 19.7 Å². The maximum absolute atomic E-state index is 12.1. The zero-order valence-electron chi connectivity index (χ0n) is 14.9. The maximum atomic E-state index is 12.1. The SMILES string of the molecule is CCOC(=O)c1ccc(NCC(=O)Nc2ccc(OC)cc2[N+](=O)[O-])cc1. The van der Waals surface area contributed by atoms with Gasteiger partial charge in [-0.25, -0.2) is 4.79 Å². The van der Waals surface area contributed by atoms with Crippen molar-refractivity contribution in [1.29, 1.82) is 0 Å². The lowest BCUT2D eigenvalue weighted by atomic mass is 10.2. The minimum Gasteiger partial charge on any atom is -0.496 e. The number of hydrogen-bond acceptors (Lipinski definition) is 7. The smallest absolute Gasteiger partial charge is 0.338 e. The van der Waals surface area contributed by atoms with E-state index in [2.05, 4.69) is 10.6 Å². The summed E-state index contributed by atoms with van der Waals surface area (Å²) < 4.78 is 9.84. The Labute approximate surface area is 155 Å². The minimum atomic E-state index is -0.598. The number of amides is 1. The minimum absolute atomic E-state index is 0.0743. The van der Waals surface area contributed by atoms with Gasteiger partial charge < -0.3 is 20.1 Å². The third kappa shape index (κ3) is 5.43. The van der Waals surface area contributed by atoms with Crippen molar-refractivity contribution in [3.05, 3.63) is 58.1 Å². The van der Waals surface area contributed by atoms with Crippen molar-refractivity contribution in [2.75, 3.05) is 30.9 Å². The fraction of sp³-hybridized carbons (Fsp3) is 0.222. The molecule has 27 heavy (non-hydrogen) atoms. The summed E-state index contributed by atoms with van der Waals surface area (Å²) >= 11 is 0.